The van der Waals surface area contributed by atoms with Gasteiger partial charge >= 0.3 is 6.61 Å². The lowest BCUT2D eigenvalue weighted by Crippen LogP contribution is -2.27. The molecular weight excluding hydrogens is 331 g/mol. The number of carbonyl (C=O) groups excluding carboxylic acids is 1. The van der Waals surface area contributed by atoms with Gasteiger partial charge in [-0.15, -0.1) is 0 Å². The van der Waals surface area contributed by atoms with Gasteiger partial charge in [-0.3, -0.25) is 4.79 Å². The summed E-state index contributed by atoms with van der Waals surface area (Å²) in [4.78, 5) is 12.1. The highest BCUT2D eigenvalue weighted by Gasteiger charge is 2.15. The van der Waals surface area contributed by atoms with E-state index in [4.69, 9.17) is 11.6 Å². The van der Waals surface area contributed by atoms with Crippen molar-refractivity contribution in [3.05, 3.63) is 64.4 Å². The minimum Gasteiger partial charge on any atom is -0.435 e. The molecule has 0 aromatic heterocycles. The van der Waals surface area contributed by atoms with Crippen LogP contribution in [-0.2, 0) is 0 Å². The van der Waals surface area contributed by atoms with Crippen LogP contribution in [0.5, 0.6) is 5.75 Å². The van der Waals surface area contributed by atoms with Gasteiger partial charge in [0.25, 0.3) is 5.91 Å². The lowest BCUT2D eigenvalue weighted by molar-refractivity contribution is -0.0498. The number of benzene rings is 2. The predicted octanol–water partition coefficient (Wildman–Crippen LogP) is 4.57. The fourth-order valence-corrected chi connectivity index (χ4v) is 2.13. The second-order valence-electron chi connectivity index (χ2n) is 4.77. The molecule has 23 heavy (non-hydrogen) atoms. The van der Waals surface area contributed by atoms with Gasteiger partial charge in [0.1, 0.15) is 11.6 Å². The highest BCUT2D eigenvalue weighted by Crippen LogP contribution is 2.20. The second-order valence-corrected chi connectivity index (χ2v) is 5.20. The average molecular weight is 344 g/mol. The molecule has 0 saturated heterocycles. The number of ether oxygens (including phenoxy) is 1. The molecule has 0 spiro atoms. The van der Waals surface area contributed by atoms with E-state index in [0.717, 1.165) is 6.07 Å². The molecule has 2 aromatic carbocycles. The molecule has 0 aliphatic rings. The van der Waals surface area contributed by atoms with Crippen molar-refractivity contribution in [3.63, 3.8) is 0 Å². The monoisotopic (exact) mass is 343 g/mol. The Morgan fingerprint density at radius 3 is 2.39 bits per heavy atom. The van der Waals surface area contributed by atoms with Crippen molar-refractivity contribution in [1.82, 2.24) is 5.32 Å². The third-order valence-corrected chi connectivity index (χ3v) is 3.36. The Balaban J connectivity index is 2.06. The smallest absolute Gasteiger partial charge is 0.387 e. The lowest BCUT2D eigenvalue weighted by atomic mass is 10.1. The van der Waals surface area contributed by atoms with E-state index in [1.54, 1.807) is 19.1 Å². The summed E-state index contributed by atoms with van der Waals surface area (Å²) < 4.78 is 42.1. The number of hydrogen-bond donors (Lipinski definition) is 1. The molecule has 1 amide bonds. The Hall–Kier alpha value is -2.21. The van der Waals surface area contributed by atoms with Crippen LogP contribution < -0.4 is 10.1 Å². The van der Waals surface area contributed by atoms with Gasteiger partial charge in [-0.2, -0.15) is 8.78 Å². The second kappa shape index (κ2) is 7.37. The summed E-state index contributed by atoms with van der Waals surface area (Å²) in [7, 11) is 0. The van der Waals surface area contributed by atoms with E-state index in [1.807, 2.05) is 0 Å². The maximum atomic E-state index is 13.7. The lowest BCUT2D eigenvalue weighted by Gasteiger charge is -2.15. The number of carbonyl (C=O) groups is 1. The first-order valence-electron chi connectivity index (χ1n) is 6.67. The van der Waals surface area contributed by atoms with E-state index in [2.05, 4.69) is 10.1 Å². The predicted molar refractivity (Wildman–Crippen MR) is 80.4 cm³/mol. The zero-order valence-electron chi connectivity index (χ0n) is 12.0. The first-order chi connectivity index (χ1) is 10.9. The first kappa shape index (κ1) is 17.1. The van der Waals surface area contributed by atoms with Gasteiger partial charge in [0, 0.05) is 5.02 Å². The Labute approximate surface area is 136 Å². The minimum atomic E-state index is -2.90. The van der Waals surface area contributed by atoms with Crippen molar-refractivity contribution < 1.29 is 22.7 Å². The Kier molecular flexibility index (Phi) is 5.50. The molecule has 0 radical (unpaired) electrons. The fraction of sp³-hybridized carbons (Fsp3) is 0.188. The van der Waals surface area contributed by atoms with Gasteiger partial charge in [0.2, 0.25) is 0 Å². The molecular formula is C16H13ClF3NO2. The van der Waals surface area contributed by atoms with Crippen LogP contribution in [0, 0.1) is 5.82 Å². The van der Waals surface area contributed by atoms with Crippen LogP contribution >= 0.6 is 11.6 Å². The van der Waals surface area contributed by atoms with Gasteiger partial charge in [-0.1, -0.05) is 23.7 Å². The molecule has 0 unspecified atom stereocenters. The van der Waals surface area contributed by atoms with Crippen LogP contribution in [0.15, 0.2) is 42.5 Å². The summed E-state index contributed by atoms with van der Waals surface area (Å²) in [6.07, 6.45) is 0. The topological polar surface area (TPSA) is 38.3 Å². The SMILES string of the molecule is C[C@@H](NC(=O)c1ccc(Cl)cc1F)c1ccc(OC(F)F)cc1. The molecule has 7 heteroatoms. The summed E-state index contributed by atoms with van der Waals surface area (Å²) in [5, 5.41) is 2.82. The molecule has 0 aliphatic carbocycles. The molecule has 3 nitrogen and oxygen atoms in total. The summed E-state index contributed by atoms with van der Waals surface area (Å²) in [5.74, 6) is -1.30. The average Bonchev–Trinajstić information content (AvgIpc) is 2.47. The normalized spacial score (nSPS) is 12.1. The summed E-state index contributed by atoms with van der Waals surface area (Å²) in [6, 6.07) is 9.14. The molecule has 2 aromatic rings. The van der Waals surface area contributed by atoms with Crippen molar-refractivity contribution >= 4 is 17.5 Å². The molecule has 0 heterocycles. The van der Waals surface area contributed by atoms with Gasteiger partial charge in [-0.25, -0.2) is 4.39 Å². The zero-order chi connectivity index (χ0) is 17.0. The van der Waals surface area contributed by atoms with Gasteiger partial charge in [-0.05, 0) is 42.8 Å². The van der Waals surface area contributed by atoms with Gasteiger partial charge in [0.05, 0.1) is 11.6 Å². The fourth-order valence-electron chi connectivity index (χ4n) is 1.97. The van der Waals surface area contributed by atoms with Crippen LogP contribution in [0.4, 0.5) is 13.2 Å². The van der Waals surface area contributed by atoms with Crippen LogP contribution in [-0.4, -0.2) is 12.5 Å². The van der Waals surface area contributed by atoms with Gasteiger partial charge in [0.15, 0.2) is 0 Å². The van der Waals surface area contributed by atoms with Crippen molar-refractivity contribution in [2.24, 2.45) is 0 Å². The van der Waals surface area contributed by atoms with E-state index in [9.17, 15) is 18.0 Å². The number of rotatable bonds is 5. The van der Waals surface area contributed by atoms with Crippen molar-refractivity contribution in [1.29, 1.82) is 0 Å². The molecule has 0 aliphatic heterocycles. The Morgan fingerprint density at radius 1 is 1.17 bits per heavy atom. The standard InChI is InChI=1S/C16H13ClF3NO2/c1-9(10-2-5-12(6-3-10)23-16(19)20)21-15(22)13-7-4-11(17)8-14(13)18/h2-9,16H,1H3,(H,21,22)/t9-/m1/s1. The molecule has 1 N–H and O–H groups in total. The van der Waals surface area contributed by atoms with Gasteiger partial charge < -0.3 is 10.1 Å². The highest BCUT2D eigenvalue weighted by atomic mass is 35.5. The van der Waals surface area contributed by atoms with E-state index < -0.39 is 24.4 Å². The third-order valence-electron chi connectivity index (χ3n) is 3.13. The van der Waals surface area contributed by atoms with E-state index >= 15 is 0 Å². The Morgan fingerprint density at radius 2 is 1.83 bits per heavy atom. The minimum absolute atomic E-state index is 0.0195. The number of amides is 1. The van der Waals surface area contributed by atoms with E-state index in [-0.39, 0.29) is 16.3 Å². The van der Waals surface area contributed by atoms with Crippen LogP contribution in [0.25, 0.3) is 0 Å². The third kappa shape index (κ3) is 4.63. The van der Waals surface area contributed by atoms with Crippen molar-refractivity contribution in [2.45, 2.75) is 19.6 Å². The maximum Gasteiger partial charge on any atom is 0.387 e. The number of alkyl halides is 2. The van der Waals surface area contributed by atoms with Crippen molar-refractivity contribution in [3.8, 4) is 5.75 Å². The first-order valence-corrected chi connectivity index (χ1v) is 7.05. The Bertz CT molecular complexity index is 692. The summed E-state index contributed by atoms with van der Waals surface area (Å²) in [6.45, 7) is -1.21. The number of halogens is 4. The molecule has 1 atom stereocenters. The molecule has 0 saturated carbocycles. The quantitative estimate of drug-likeness (QED) is 0.863. The molecule has 0 fully saturated rings. The summed E-state index contributed by atoms with van der Waals surface area (Å²) >= 11 is 5.64. The zero-order valence-corrected chi connectivity index (χ0v) is 12.8. The molecule has 2 rings (SSSR count). The van der Waals surface area contributed by atoms with Crippen LogP contribution in [0.2, 0.25) is 5.02 Å². The van der Waals surface area contributed by atoms with E-state index in [0.29, 0.717) is 5.56 Å². The van der Waals surface area contributed by atoms with E-state index in [1.165, 1.54) is 24.3 Å². The maximum absolute atomic E-state index is 13.7. The van der Waals surface area contributed by atoms with Crippen molar-refractivity contribution in [2.75, 3.05) is 0 Å². The number of hydrogen-bond acceptors (Lipinski definition) is 2. The highest BCUT2D eigenvalue weighted by molar-refractivity contribution is 6.30. The number of nitrogens with one attached hydrogen (secondary N) is 1. The van der Waals surface area contributed by atoms with Crippen LogP contribution in [0.3, 0.4) is 0 Å². The molecule has 122 valence electrons. The van der Waals surface area contributed by atoms with Crippen LogP contribution in [0.1, 0.15) is 28.9 Å². The molecule has 0 bridgehead atoms. The summed E-state index contributed by atoms with van der Waals surface area (Å²) in [5.41, 5.74) is 0.535. The largest absolute Gasteiger partial charge is 0.435 e.